The molecule has 23 heavy (non-hydrogen) atoms. The molecule has 0 radical (unpaired) electrons. The van der Waals surface area contributed by atoms with Crippen LogP contribution in [0.4, 0.5) is 0 Å². The standard InChI is InChI=1S/C15H14ClNO4S.ClH/c16-12-2-1-8(9(6-17)5-14(18)19)3-11(12)10-4-13(15(20)21)22-7-10;/h1-4,7,9H,5-6,17H2,(H,18,19)(H,20,21);1H/t9-;/m0./s1. The number of carboxylic acids is 2. The lowest BCUT2D eigenvalue weighted by Crippen LogP contribution is -2.16. The van der Waals surface area contributed by atoms with Crippen LogP contribution < -0.4 is 5.73 Å². The van der Waals surface area contributed by atoms with Gasteiger partial charge in [0.05, 0.1) is 6.42 Å². The molecule has 4 N–H and O–H groups in total. The van der Waals surface area contributed by atoms with Crippen molar-refractivity contribution in [3.8, 4) is 11.1 Å². The van der Waals surface area contributed by atoms with Crippen molar-refractivity contribution in [2.45, 2.75) is 12.3 Å². The Balaban J connectivity index is 0.00000264. The number of carboxylic acid groups (broad SMARTS) is 2. The quantitative estimate of drug-likeness (QED) is 0.714. The number of aromatic carboxylic acids is 1. The topological polar surface area (TPSA) is 101 Å². The molecule has 1 aromatic heterocycles. The number of hydrogen-bond acceptors (Lipinski definition) is 4. The fraction of sp³-hybridized carbons (Fsp3) is 0.200. The molecule has 0 saturated carbocycles. The zero-order valence-corrected chi connectivity index (χ0v) is 14.2. The molecule has 124 valence electrons. The highest BCUT2D eigenvalue weighted by atomic mass is 35.5. The zero-order valence-electron chi connectivity index (χ0n) is 11.9. The first kappa shape index (κ1) is 19.4. The van der Waals surface area contributed by atoms with Crippen LogP contribution in [0.5, 0.6) is 0 Å². The summed E-state index contributed by atoms with van der Waals surface area (Å²) in [5.41, 5.74) is 7.79. The molecule has 1 aromatic carbocycles. The van der Waals surface area contributed by atoms with E-state index in [1.54, 1.807) is 29.6 Å². The van der Waals surface area contributed by atoms with Crippen molar-refractivity contribution in [1.82, 2.24) is 0 Å². The van der Waals surface area contributed by atoms with Crippen LogP contribution in [0.25, 0.3) is 11.1 Å². The number of hydrogen-bond donors (Lipinski definition) is 3. The summed E-state index contributed by atoms with van der Waals surface area (Å²) in [6, 6.07) is 6.74. The summed E-state index contributed by atoms with van der Waals surface area (Å²) < 4.78 is 0. The summed E-state index contributed by atoms with van der Waals surface area (Å²) in [4.78, 5) is 22.1. The second kappa shape index (κ2) is 8.31. The van der Waals surface area contributed by atoms with Crippen LogP contribution in [0, 0.1) is 0 Å². The smallest absolute Gasteiger partial charge is 0.345 e. The van der Waals surface area contributed by atoms with Crippen LogP contribution in [-0.2, 0) is 4.79 Å². The molecule has 0 unspecified atom stereocenters. The van der Waals surface area contributed by atoms with Gasteiger partial charge in [0, 0.05) is 16.5 Å². The third-order valence-electron chi connectivity index (χ3n) is 3.29. The molecule has 1 atom stereocenters. The highest BCUT2D eigenvalue weighted by Gasteiger charge is 2.17. The van der Waals surface area contributed by atoms with Crippen molar-refractivity contribution in [1.29, 1.82) is 0 Å². The number of nitrogens with two attached hydrogens (primary N) is 1. The van der Waals surface area contributed by atoms with Crippen molar-refractivity contribution < 1.29 is 19.8 Å². The normalized spacial score (nSPS) is 11.6. The molecule has 2 rings (SSSR count). The van der Waals surface area contributed by atoms with Gasteiger partial charge in [-0.3, -0.25) is 4.79 Å². The molecule has 2 aromatic rings. The summed E-state index contributed by atoms with van der Waals surface area (Å²) in [5.74, 6) is -2.23. The van der Waals surface area contributed by atoms with Crippen LogP contribution in [0.1, 0.15) is 27.6 Å². The Hall–Kier alpha value is -1.60. The van der Waals surface area contributed by atoms with E-state index < -0.39 is 11.9 Å². The molecule has 1 heterocycles. The van der Waals surface area contributed by atoms with Gasteiger partial charge in [-0.2, -0.15) is 0 Å². The second-order valence-corrected chi connectivity index (χ2v) is 6.09. The van der Waals surface area contributed by atoms with Crippen LogP contribution in [-0.4, -0.2) is 28.7 Å². The lowest BCUT2D eigenvalue weighted by atomic mass is 9.93. The number of aliphatic carboxylic acids is 1. The molecule has 0 bridgehead atoms. The van der Waals surface area contributed by atoms with E-state index in [0.29, 0.717) is 16.1 Å². The van der Waals surface area contributed by atoms with Gasteiger partial charge in [0.25, 0.3) is 0 Å². The Morgan fingerprint density at radius 2 is 1.96 bits per heavy atom. The van der Waals surface area contributed by atoms with E-state index in [0.717, 1.165) is 16.9 Å². The Morgan fingerprint density at radius 1 is 1.26 bits per heavy atom. The molecule has 8 heteroatoms. The third kappa shape index (κ3) is 4.68. The van der Waals surface area contributed by atoms with Gasteiger partial charge < -0.3 is 15.9 Å². The lowest BCUT2D eigenvalue weighted by molar-refractivity contribution is -0.137. The summed E-state index contributed by atoms with van der Waals surface area (Å²) >= 11 is 7.30. The highest BCUT2D eigenvalue weighted by Crippen LogP contribution is 2.34. The van der Waals surface area contributed by atoms with Crippen LogP contribution in [0.15, 0.2) is 29.6 Å². The average molecular weight is 376 g/mol. The van der Waals surface area contributed by atoms with Crippen molar-refractivity contribution in [2.75, 3.05) is 6.54 Å². The fourth-order valence-electron chi connectivity index (χ4n) is 2.16. The monoisotopic (exact) mass is 375 g/mol. The predicted molar refractivity (Wildman–Crippen MR) is 93.0 cm³/mol. The van der Waals surface area contributed by atoms with Gasteiger partial charge in [0.2, 0.25) is 0 Å². The predicted octanol–water partition coefficient (Wildman–Crippen LogP) is 3.71. The maximum atomic E-state index is 11.0. The minimum atomic E-state index is -0.991. The van der Waals surface area contributed by atoms with Gasteiger partial charge in [0.1, 0.15) is 4.88 Å². The largest absolute Gasteiger partial charge is 0.481 e. The van der Waals surface area contributed by atoms with E-state index in [-0.39, 0.29) is 36.2 Å². The molecule has 0 aliphatic rings. The van der Waals surface area contributed by atoms with Gasteiger partial charge in [-0.15, -0.1) is 23.7 Å². The van der Waals surface area contributed by atoms with Crippen molar-refractivity contribution in [2.24, 2.45) is 5.73 Å². The summed E-state index contributed by atoms with van der Waals surface area (Å²) in [7, 11) is 0. The summed E-state index contributed by atoms with van der Waals surface area (Å²) in [6.45, 7) is 0.206. The minimum Gasteiger partial charge on any atom is -0.481 e. The van der Waals surface area contributed by atoms with Crippen LogP contribution in [0.3, 0.4) is 0 Å². The van der Waals surface area contributed by atoms with E-state index in [4.69, 9.17) is 27.5 Å². The minimum absolute atomic E-state index is 0. The molecule has 0 amide bonds. The zero-order chi connectivity index (χ0) is 16.3. The van der Waals surface area contributed by atoms with E-state index in [1.165, 1.54) is 0 Å². The molecule has 0 aliphatic carbocycles. The fourth-order valence-corrected chi connectivity index (χ4v) is 3.13. The molecular weight excluding hydrogens is 361 g/mol. The van der Waals surface area contributed by atoms with Crippen molar-refractivity contribution in [3.05, 3.63) is 45.1 Å². The lowest BCUT2D eigenvalue weighted by Gasteiger charge is -2.14. The number of benzene rings is 1. The second-order valence-electron chi connectivity index (χ2n) is 4.77. The van der Waals surface area contributed by atoms with E-state index in [1.807, 2.05) is 0 Å². The number of halogens is 2. The third-order valence-corrected chi connectivity index (χ3v) is 4.54. The maximum Gasteiger partial charge on any atom is 0.345 e. The molecule has 0 fully saturated rings. The van der Waals surface area contributed by atoms with Gasteiger partial charge in [-0.05, 0) is 41.3 Å². The van der Waals surface area contributed by atoms with Crippen molar-refractivity contribution in [3.63, 3.8) is 0 Å². The first-order valence-electron chi connectivity index (χ1n) is 6.46. The molecule has 0 spiro atoms. The summed E-state index contributed by atoms with van der Waals surface area (Å²) in [5, 5.41) is 20.1. The van der Waals surface area contributed by atoms with Crippen molar-refractivity contribution >= 4 is 47.3 Å². The molecule has 0 aliphatic heterocycles. The Bertz CT molecular complexity index is 717. The van der Waals surface area contributed by atoms with Gasteiger partial charge >= 0.3 is 11.9 Å². The van der Waals surface area contributed by atoms with E-state index in [9.17, 15) is 9.59 Å². The van der Waals surface area contributed by atoms with Gasteiger partial charge in [-0.1, -0.05) is 17.7 Å². The maximum absolute atomic E-state index is 11.0. The van der Waals surface area contributed by atoms with Crippen LogP contribution >= 0.6 is 35.3 Å². The molecule has 5 nitrogen and oxygen atoms in total. The average Bonchev–Trinajstić information content (AvgIpc) is 2.95. The number of thiophene rings is 1. The molecular formula is C15H15Cl2NO4S. The first-order chi connectivity index (χ1) is 10.4. The van der Waals surface area contributed by atoms with E-state index in [2.05, 4.69) is 0 Å². The Kier molecular flexibility index (Phi) is 7.02. The number of carbonyl (C=O) groups is 2. The van der Waals surface area contributed by atoms with E-state index >= 15 is 0 Å². The Labute approximate surface area is 148 Å². The Morgan fingerprint density at radius 3 is 2.48 bits per heavy atom. The SMILES string of the molecule is Cl.NC[C@H](CC(=O)O)c1ccc(Cl)c(-c2csc(C(=O)O)c2)c1. The van der Waals surface area contributed by atoms with Crippen LogP contribution in [0.2, 0.25) is 5.02 Å². The number of rotatable bonds is 6. The highest BCUT2D eigenvalue weighted by molar-refractivity contribution is 7.12. The first-order valence-corrected chi connectivity index (χ1v) is 7.71. The van der Waals surface area contributed by atoms with Gasteiger partial charge in [0.15, 0.2) is 0 Å². The molecule has 0 saturated heterocycles. The summed E-state index contributed by atoms with van der Waals surface area (Å²) in [6.07, 6.45) is -0.0679. The van der Waals surface area contributed by atoms with Gasteiger partial charge in [-0.25, -0.2) is 4.79 Å².